The average molecular weight is 433 g/mol. The molecule has 4 amide bonds. The van der Waals surface area contributed by atoms with Crippen LogP contribution in [-0.2, 0) is 16.0 Å². The number of urea groups is 1. The van der Waals surface area contributed by atoms with Crippen molar-refractivity contribution in [2.45, 2.75) is 19.4 Å². The Kier molecular flexibility index (Phi) is 7.36. The summed E-state index contributed by atoms with van der Waals surface area (Å²) in [5, 5.41) is 7.67. The Hall–Kier alpha value is -2.87. The van der Waals surface area contributed by atoms with E-state index in [4.69, 9.17) is 5.73 Å². The van der Waals surface area contributed by atoms with Crippen LogP contribution in [0.1, 0.15) is 11.1 Å². The predicted octanol–water partition coefficient (Wildman–Crippen LogP) is 2.09. The summed E-state index contributed by atoms with van der Waals surface area (Å²) in [7, 11) is 0. The predicted molar refractivity (Wildman–Crippen MR) is 107 cm³/mol. The van der Waals surface area contributed by atoms with E-state index in [1.165, 1.54) is 0 Å². The summed E-state index contributed by atoms with van der Waals surface area (Å²) in [6.45, 7) is 1.64. The van der Waals surface area contributed by atoms with E-state index < -0.39 is 18.0 Å². The van der Waals surface area contributed by atoms with Crippen molar-refractivity contribution in [3.8, 4) is 0 Å². The molecule has 0 aliphatic rings. The summed E-state index contributed by atoms with van der Waals surface area (Å²) >= 11 is 3.36. The van der Waals surface area contributed by atoms with Gasteiger partial charge in [0.25, 0.3) is 0 Å². The molecule has 0 fully saturated rings. The average Bonchev–Trinajstić information content (AvgIpc) is 2.62. The number of nitrogens with two attached hydrogens (primary N) is 1. The van der Waals surface area contributed by atoms with Crippen LogP contribution in [0.25, 0.3) is 0 Å². The highest BCUT2D eigenvalue weighted by atomic mass is 79.9. The van der Waals surface area contributed by atoms with Gasteiger partial charge < -0.3 is 21.7 Å². The first kappa shape index (κ1) is 20.4. The molecule has 8 heteroatoms. The van der Waals surface area contributed by atoms with E-state index in [1.807, 2.05) is 49.4 Å². The summed E-state index contributed by atoms with van der Waals surface area (Å²) in [5.74, 6) is -0.855. The molecule has 0 saturated carbocycles. The highest BCUT2D eigenvalue weighted by molar-refractivity contribution is 9.10. The fraction of sp³-hybridized carbons (Fsp3) is 0.211. The van der Waals surface area contributed by atoms with Gasteiger partial charge in [-0.15, -0.1) is 0 Å². The van der Waals surface area contributed by atoms with Gasteiger partial charge in [-0.1, -0.05) is 46.3 Å². The van der Waals surface area contributed by atoms with Gasteiger partial charge in [0, 0.05) is 16.6 Å². The Morgan fingerprint density at radius 1 is 1.11 bits per heavy atom. The zero-order chi connectivity index (χ0) is 19.8. The van der Waals surface area contributed by atoms with Crippen LogP contribution in [0.3, 0.4) is 0 Å². The maximum atomic E-state index is 12.4. The number of rotatable bonds is 7. The fourth-order valence-electron chi connectivity index (χ4n) is 2.48. The van der Waals surface area contributed by atoms with E-state index in [9.17, 15) is 14.4 Å². The summed E-state index contributed by atoms with van der Waals surface area (Å²) in [6, 6.07) is 13.0. The highest BCUT2D eigenvalue weighted by Gasteiger charge is 2.20. The molecule has 0 radical (unpaired) electrons. The molecule has 0 bridgehead atoms. The molecule has 0 aliphatic carbocycles. The molecule has 5 N–H and O–H groups in total. The van der Waals surface area contributed by atoms with E-state index in [2.05, 4.69) is 31.9 Å². The Bertz CT molecular complexity index is 827. The monoisotopic (exact) mass is 432 g/mol. The van der Waals surface area contributed by atoms with Crippen molar-refractivity contribution in [3.05, 3.63) is 64.1 Å². The van der Waals surface area contributed by atoms with E-state index in [1.54, 1.807) is 6.07 Å². The number of halogens is 1. The van der Waals surface area contributed by atoms with Crippen LogP contribution in [0.2, 0.25) is 0 Å². The Morgan fingerprint density at radius 2 is 1.81 bits per heavy atom. The number of aryl methyl sites for hydroxylation is 1. The van der Waals surface area contributed by atoms with Gasteiger partial charge in [0.1, 0.15) is 6.04 Å². The van der Waals surface area contributed by atoms with E-state index in [-0.39, 0.29) is 18.9 Å². The van der Waals surface area contributed by atoms with Gasteiger partial charge in [0.2, 0.25) is 11.8 Å². The Labute approximate surface area is 165 Å². The number of carbonyl (C=O) groups is 3. The normalized spacial score (nSPS) is 11.3. The van der Waals surface area contributed by atoms with Crippen molar-refractivity contribution in [3.63, 3.8) is 0 Å². The third kappa shape index (κ3) is 6.74. The Balaban J connectivity index is 1.93. The van der Waals surface area contributed by atoms with Crippen molar-refractivity contribution in [1.82, 2.24) is 10.6 Å². The highest BCUT2D eigenvalue weighted by Crippen LogP contribution is 2.19. The molecule has 0 spiro atoms. The van der Waals surface area contributed by atoms with Crippen LogP contribution in [0.5, 0.6) is 0 Å². The number of anilines is 1. The maximum Gasteiger partial charge on any atom is 0.312 e. The lowest BCUT2D eigenvalue weighted by molar-refractivity contribution is -0.125. The van der Waals surface area contributed by atoms with Crippen LogP contribution in [0.15, 0.2) is 53.0 Å². The quantitative estimate of drug-likeness (QED) is 0.536. The third-order valence-electron chi connectivity index (χ3n) is 3.80. The molecule has 0 aliphatic heterocycles. The smallest absolute Gasteiger partial charge is 0.312 e. The van der Waals surface area contributed by atoms with Crippen molar-refractivity contribution in [2.75, 3.05) is 11.9 Å². The van der Waals surface area contributed by atoms with Crippen molar-refractivity contribution >= 4 is 39.5 Å². The van der Waals surface area contributed by atoms with Gasteiger partial charge in [0.05, 0.1) is 6.54 Å². The largest absolute Gasteiger partial charge is 0.352 e. The number of primary amides is 1. The van der Waals surface area contributed by atoms with Crippen LogP contribution in [0, 0.1) is 6.92 Å². The standard InChI is InChI=1S/C19H21BrN4O3/c1-12-9-14(20)7-8-15(12)23-17(25)11-22-18(26)16(24-19(21)27)10-13-5-3-2-4-6-13/h2-9,16H,10-11H2,1H3,(H,22,26)(H,23,25)(H3,21,24,27). The van der Waals surface area contributed by atoms with Gasteiger partial charge in [-0.2, -0.15) is 0 Å². The lowest BCUT2D eigenvalue weighted by atomic mass is 10.1. The van der Waals surface area contributed by atoms with Crippen molar-refractivity contribution in [2.24, 2.45) is 5.73 Å². The minimum Gasteiger partial charge on any atom is -0.352 e. The number of amides is 4. The number of nitrogens with one attached hydrogen (secondary N) is 3. The second kappa shape index (κ2) is 9.72. The third-order valence-corrected chi connectivity index (χ3v) is 4.29. The first-order valence-electron chi connectivity index (χ1n) is 8.29. The molecule has 1 unspecified atom stereocenters. The second-order valence-corrected chi connectivity index (χ2v) is 6.89. The Morgan fingerprint density at radius 3 is 2.44 bits per heavy atom. The van der Waals surface area contributed by atoms with E-state index in [0.717, 1.165) is 15.6 Å². The molecule has 0 saturated heterocycles. The molecule has 2 rings (SSSR count). The summed E-state index contributed by atoms with van der Waals surface area (Å²) in [4.78, 5) is 35.7. The molecule has 27 heavy (non-hydrogen) atoms. The van der Waals surface area contributed by atoms with Gasteiger partial charge in [-0.05, 0) is 36.2 Å². The summed E-state index contributed by atoms with van der Waals surface area (Å²) in [6.07, 6.45) is 0.267. The van der Waals surface area contributed by atoms with Crippen LogP contribution < -0.4 is 21.7 Å². The SMILES string of the molecule is Cc1cc(Br)ccc1NC(=O)CNC(=O)C(Cc1ccccc1)NC(N)=O. The van der Waals surface area contributed by atoms with E-state index >= 15 is 0 Å². The number of hydrogen-bond donors (Lipinski definition) is 4. The van der Waals surface area contributed by atoms with Gasteiger partial charge in [0.15, 0.2) is 0 Å². The van der Waals surface area contributed by atoms with Crippen LogP contribution in [-0.4, -0.2) is 30.4 Å². The molecule has 2 aromatic carbocycles. The number of hydrogen-bond acceptors (Lipinski definition) is 3. The molecule has 1 atom stereocenters. The molecule has 142 valence electrons. The van der Waals surface area contributed by atoms with Crippen molar-refractivity contribution < 1.29 is 14.4 Å². The molecule has 0 heterocycles. The van der Waals surface area contributed by atoms with Gasteiger partial charge in [-0.25, -0.2) is 4.79 Å². The minimum absolute atomic E-state index is 0.222. The molecule has 0 aromatic heterocycles. The molecular weight excluding hydrogens is 412 g/mol. The first-order chi connectivity index (χ1) is 12.8. The lowest BCUT2D eigenvalue weighted by Crippen LogP contribution is -2.51. The molecule has 2 aromatic rings. The molecule has 7 nitrogen and oxygen atoms in total. The lowest BCUT2D eigenvalue weighted by Gasteiger charge is -2.17. The van der Waals surface area contributed by atoms with Crippen molar-refractivity contribution in [1.29, 1.82) is 0 Å². The van der Waals surface area contributed by atoms with Crippen LogP contribution >= 0.6 is 15.9 Å². The maximum absolute atomic E-state index is 12.4. The first-order valence-corrected chi connectivity index (χ1v) is 9.08. The molecular formula is C19H21BrN4O3. The number of benzene rings is 2. The summed E-state index contributed by atoms with van der Waals surface area (Å²) in [5.41, 5.74) is 7.57. The van der Waals surface area contributed by atoms with Gasteiger partial charge >= 0.3 is 6.03 Å². The zero-order valence-corrected chi connectivity index (χ0v) is 16.4. The second-order valence-electron chi connectivity index (χ2n) is 5.98. The minimum atomic E-state index is -0.868. The zero-order valence-electron chi connectivity index (χ0n) is 14.8. The topological polar surface area (TPSA) is 113 Å². The number of carbonyl (C=O) groups excluding carboxylic acids is 3. The van der Waals surface area contributed by atoms with E-state index in [0.29, 0.717) is 5.69 Å². The fourth-order valence-corrected chi connectivity index (χ4v) is 2.96. The van der Waals surface area contributed by atoms with Crippen LogP contribution in [0.4, 0.5) is 10.5 Å². The summed E-state index contributed by atoms with van der Waals surface area (Å²) < 4.78 is 0.910. The van der Waals surface area contributed by atoms with Gasteiger partial charge in [-0.3, -0.25) is 9.59 Å².